The molecule has 2 amide bonds. The number of rotatable bonds is 6. The fraction of sp³-hybridized carbons (Fsp3) is 0.344. The van der Waals surface area contributed by atoms with E-state index in [1.165, 1.54) is 12.1 Å². The van der Waals surface area contributed by atoms with E-state index < -0.39 is 11.7 Å². The van der Waals surface area contributed by atoms with E-state index in [0.29, 0.717) is 29.1 Å². The van der Waals surface area contributed by atoms with Gasteiger partial charge in [0.25, 0.3) is 5.91 Å². The summed E-state index contributed by atoms with van der Waals surface area (Å²) < 4.78 is 22.9. The molecule has 3 saturated carbocycles. The minimum Gasteiger partial charge on any atom is -0.444 e. The van der Waals surface area contributed by atoms with Crippen molar-refractivity contribution in [1.82, 2.24) is 34.4 Å². The van der Waals surface area contributed by atoms with Crippen LogP contribution in [-0.4, -0.2) is 53.4 Å². The van der Waals surface area contributed by atoms with Gasteiger partial charge in [0.15, 0.2) is 11.5 Å². The van der Waals surface area contributed by atoms with Gasteiger partial charge in [0.2, 0.25) is 0 Å². The van der Waals surface area contributed by atoms with Crippen molar-refractivity contribution in [3.05, 3.63) is 72.2 Å². The van der Waals surface area contributed by atoms with Crippen LogP contribution in [0.15, 0.2) is 55.0 Å². The second-order valence-corrected chi connectivity index (χ2v) is 13.2. The number of amides is 2. The molecular weight excluding hydrogens is 563 g/mol. The maximum atomic E-state index is 13.8. The summed E-state index contributed by atoms with van der Waals surface area (Å²) in [5, 5.41) is 6.04. The number of fused-ring (bicyclic) bond motifs is 2. The molecule has 3 aliphatic carbocycles. The monoisotopic (exact) mass is 596 g/mol. The number of anilines is 1. The number of carbonyl (C=O) groups is 2. The molecule has 4 heterocycles. The summed E-state index contributed by atoms with van der Waals surface area (Å²) in [6.07, 6.45) is 7.27. The van der Waals surface area contributed by atoms with Crippen molar-refractivity contribution < 1.29 is 18.7 Å². The maximum absolute atomic E-state index is 13.8. The summed E-state index contributed by atoms with van der Waals surface area (Å²) in [5.74, 6) is -0.529. The van der Waals surface area contributed by atoms with E-state index in [-0.39, 0.29) is 34.2 Å². The number of nitrogens with zero attached hydrogens (tertiary/aromatic N) is 5. The average molecular weight is 597 g/mol. The van der Waals surface area contributed by atoms with Gasteiger partial charge in [0.1, 0.15) is 22.8 Å². The third-order valence-electron chi connectivity index (χ3n) is 8.47. The van der Waals surface area contributed by atoms with E-state index in [1.54, 1.807) is 28.9 Å². The Bertz CT molecular complexity index is 1950. The number of pyridine rings is 1. The zero-order valence-electron chi connectivity index (χ0n) is 24.9. The van der Waals surface area contributed by atoms with Crippen LogP contribution in [0.25, 0.3) is 33.8 Å². The van der Waals surface area contributed by atoms with Gasteiger partial charge in [0.05, 0.1) is 11.4 Å². The van der Waals surface area contributed by atoms with E-state index in [1.807, 2.05) is 50.4 Å². The first-order valence-electron chi connectivity index (χ1n) is 14.5. The summed E-state index contributed by atoms with van der Waals surface area (Å²) in [6, 6.07) is 9.86. The van der Waals surface area contributed by atoms with E-state index in [0.717, 1.165) is 36.2 Å². The molecule has 1 aromatic carbocycles. The Morgan fingerprint density at radius 1 is 1.02 bits per heavy atom. The Labute approximate surface area is 252 Å². The molecule has 226 valence electrons. The number of alkyl carbamates (subject to hydrolysis) is 1. The SMILES string of the molecule is Cc1cnc2ccc(-c3c(-c4ccc(F)cc4)nc(N)c4nc(C(=O)NC56CC(CNC(=O)OC(C)(C)C)(C5)C6)cn34)cn12. The summed E-state index contributed by atoms with van der Waals surface area (Å²) in [4.78, 5) is 39.3. The number of ether oxygens (including phenoxy) is 1. The molecule has 3 fully saturated rings. The van der Waals surface area contributed by atoms with Gasteiger partial charge in [-0.15, -0.1) is 0 Å². The number of aryl methyl sites for hydroxylation is 1. The number of carbonyl (C=O) groups excluding carboxylic acids is 2. The Kier molecular flexibility index (Phi) is 6.00. The number of aromatic nitrogens is 5. The Morgan fingerprint density at radius 3 is 2.43 bits per heavy atom. The molecule has 11 nitrogen and oxygen atoms in total. The fourth-order valence-corrected chi connectivity index (χ4v) is 6.70. The van der Waals surface area contributed by atoms with Gasteiger partial charge in [-0.3, -0.25) is 9.20 Å². The molecular formula is C32H33FN8O3. The molecule has 12 heteroatoms. The highest BCUT2D eigenvalue weighted by molar-refractivity contribution is 5.95. The van der Waals surface area contributed by atoms with Crippen LogP contribution >= 0.6 is 0 Å². The predicted molar refractivity (Wildman–Crippen MR) is 162 cm³/mol. The zero-order chi connectivity index (χ0) is 31.0. The first-order valence-corrected chi connectivity index (χ1v) is 14.5. The molecule has 0 spiro atoms. The Morgan fingerprint density at radius 2 is 1.73 bits per heavy atom. The van der Waals surface area contributed by atoms with E-state index in [2.05, 4.69) is 25.6 Å². The topological polar surface area (TPSA) is 141 Å². The van der Waals surface area contributed by atoms with Crippen molar-refractivity contribution in [2.45, 2.75) is 58.1 Å². The molecule has 0 radical (unpaired) electrons. The first kappa shape index (κ1) is 27.8. The van der Waals surface area contributed by atoms with Crippen LogP contribution in [0.1, 0.15) is 56.2 Å². The molecule has 8 rings (SSSR count). The quantitative estimate of drug-likeness (QED) is 0.253. The van der Waals surface area contributed by atoms with E-state index in [4.69, 9.17) is 10.5 Å². The lowest BCUT2D eigenvalue weighted by Crippen LogP contribution is -2.77. The van der Waals surface area contributed by atoms with Gasteiger partial charge in [-0.05, 0) is 88.8 Å². The minimum absolute atomic E-state index is 0.0290. The third kappa shape index (κ3) is 4.70. The Balaban J connectivity index is 1.18. The molecule has 3 aliphatic rings. The van der Waals surface area contributed by atoms with Crippen molar-refractivity contribution in [3.8, 4) is 22.5 Å². The second kappa shape index (κ2) is 9.50. The Hall–Kier alpha value is -5.00. The number of imidazole rings is 2. The maximum Gasteiger partial charge on any atom is 0.407 e. The summed E-state index contributed by atoms with van der Waals surface area (Å²) in [5.41, 5.74) is 10.4. The summed E-state index contributed by atoms with van der Waals surface area (Å²) in [6.45, 7) is 7.95. The van der Waals surface area contributed by atoms with Crippen molar-refractivity contribution in [2.24, 2.45) is 5.41 Å². The van der Waals surface area contributed by atoms with Crippen molar-refractivity contribution >= 4 is 29.1 Å². The highest BCUT2D eigenvalue weighted by Gasteiger charge is 2.68. The van der Waals surface area contributed by atoms with Crippen LogP contribution in [0, 0.1) is 18.2 Å². The standard InChI is InChI=1S/C32H33FN8O3/c1-18-11-35-23-10-7-20(12-40(18)23)25-24(19-5-8-21(33)9-6-19)38-26(34)27-37-22(13-41(25)27)28(42)39-32-14-31(15-32,16-32)17-36-29(43)44-30(2,3)4/h5-13H,14-17H2,1-4H3,(H2,34,38)(H,36,43)(H,39,42). The highest BCUT2D eigenvalue weighted by atomic mass is 19.1. The van der Waals surface area contributed by atoms with Gasteiger partial charge in [0, 0.05) is 47.5 Å². The van der Waals surface area contributed by atoms with Crippen LogP contribution in [0.3, 0.4) is 0 Å². The lowest BCUT2D eigenvalue weighted by atomic mass is 9.39. The number of benzene rings is 1. The van der Waals surface area contributed by atoms with Crippen LogP contribution in [0.4, 0.5) is 15.0 Å². The van der Waals surface area contributed by atoms with Crippen LogP contribution in [-0.2, 0) is 4.74 Å². The lowest BCUT2D eigenvalue weighted by Gasteiger charge is -2.70. The molecule has 0 aliphatic heterocycles. The molecule has 44 heavy (non-hydrogen) atoms. The fourth-order valence-electron chi connectivity index (χ4n) is 6.70. The molecule has 0 unspecified atom stereocenters. The highest BCUT2D eigenvalue weighted by Crippen LogP contribution is 2.66. The zero-order valence-corrected chi connectivity index (χ0v) is 24.9. The van der Waals surface area contributed by atoms with Gasteiger partial charge < -0.3 is 25.5 Å². The van der Waals surface area contributed by atoms with Gasteiger partial charge in [-0.25, -0.2) is 24.1 Å². The first-order chi connectivity index (χ1) is 20.8. The molecule has 0 atom stereocenters. The largest absolute Gasteiger partial charge is 0.444 e. The number of nitrogens with two attached hydrogens (primary N) is 1. The number of nitrogens with one attached hydrogen (secondary N) is 2. The normalized spacial score (nSPS) is 20.7. The molecule has 4 aromatic heterocycles. The number of hydrogen-bond donors (Lipinski definition) is 3. The molecule has 2 bridgehead atoms. The summed E-state index contributed by atoms with van der Waals surface area (Å²) >= 11 is 0. The van der Waals surface area contributed by atoms with Crippen LogP contribution in [0.5, 0.6) is 0 Å². The second-order valence-electron chi connectivity index (χ2n) is 13.2. The van der Waals surface area contributed by atoms with Gasteiger partial charge >= 0.3 is 6.09 Å². The van der Waals surface area contributed by atoms with Gasteiger partial charge in [-0.2, -0.15) is 0 Å². The van der Waals surface area contributed by atoms with Crippen LogP contribution in [0.2, 0.25) is 0 Å². The lowest BCUT2D eigenvalue weighted by molar-refractivity contribution is -0.143. The third-order valence-corrected chi connectivity index (χ3v) is 8.47. The number of hydrogen-bond acceptors (Lipinski definition) is 7. The summed E-state index contributed by atoms with van der Waals surface area (Å²) in [7, 11) is 0. The van der Waals surface area contributed by atoms with Gasteiger partial charge in [-0.1, -0.05) is 0 Å². The van der Waals surface area contributed by atoms with E-state index >= 15 is 0 Å². The minimum atomic E-state index is -0.559. The molecule has 0 saturated heterocycles. The van der Waals surface area contributed by atoms with Crippen molar-refractivity contribution in [1.29, 1.82) is 0 Å². The average Bonchev–Trinajstić information content (AvgIpc) is 3.53. The van der Waals surface area contributed by atoms with Crippen molar-refractivity contribution in [2.75, 3.05) is 12.3 Å². The van der Waals surface area contributed by atoms with E-state index in [9.17, 15) is 14.0 Å². The predicted octanol–water partition coefficient (Wildman–Crippen LogP) is 4.92. The molecule has 4 N–H and O–H groups in total. The smallest absolute Gasteiger partial charge is 0.407 e. The number of nitrogen functional groups attached to an aromatic ring is 1. The molecule has 5 aromatic rings. The van der Waals surface area contributed by atoms with Crippen molar-refractivity contribution in [3.63, 3.8) is 0 Å². The van der Waals surface area contributed by atoms with Crippen LogP contribution < -0.4 is 16.4 Å². The number of halogens is 1.